The summed E-state index contributed by atoms with van der Waals surface area (Å²) in [6, 6.07) is 8.07. The molecule has 0 fully saturated rings. The summed E-state index contributed by atoms with van der Waals surface area (Å²) in [6.45, 7) is 3.42. The first-order valence-corrected chi connectivity index (χ1v) is 5.15. The van der Waals surface area contributed by atoms with Gasteiger partial charge < -0.3 is 14.8 Å². The van der Waals surface area contributed by atoms with Crippen molar-refractivity contribution in [3.63, 3.8) is 0 Å². The molecule has 0 saturated heterocycles. The predicted molar refractivity (Wildman–Crippen MR) is 61.2 cm³/mol. The Balaban J connectivity index is 2.50. The SMILES string of the molecule is CNCc1cccc(OCC(C)OC)c1. The van der Waals surface area contributed by atoms with Gasteiger partial charge in [-0.25, -0.2) is 0 Å². The maximum absolute atomic E-state index is 5.59. The average molecular weight is 209 g/mol. The van der Waals surface area contributed by atoms with Crippen LogP contribution in [-0.4, -0.2) is 26.9 Å². The van der Waals surface area contributed by atoms with Crippen molar-refractivity contribution in [2.24, 2.45) is 0 Å². The van der Waals surface area contributed by atoms with E-state index in [0.29, 0.717) is 6.61 Å². The molecule has 1 N–H and O–H groups in total. The predicted octanol–water partition coefficient (Wildman–Crippen LogP) is 1.82. The Kier molecular flexibility index (Phi) is 5.15. The molecule has 3 nitrogen and oxygen atoms in total. The fourth-order valence-corrected chi connectivity index (χ4v) is 1.23. The lowest BCUT2D eigenvalue weighted by atomic mass is 10.2. The first kappa shape index (κ1) is 12.0. The molecule has 1 aromatic rings. The Labute approximate surface area is 91.4 Å². The molecule has 84 valence electrons. The number of rotatable bonds is 6. The fraction of sp³-hybridized carbons (Fsp3) is 0.500. The minimum Gasteiger partial charge on any atom is -0.491 e. The molecule has 0 aliphatic carbocycles. The van der Waals surface area contributed by atoms with Crippen LogP contribution in [0.25, 0.3) is 0 Å². The minimum absolute atomic E-state index is 0.123. The Morgan fingerprint density at radius 1 is 1.40 bits per heavy atom. The normalized spacial score (nSPS) is 12.5. The van der Waals surface area contributed by atoms with Gasteiger partial charge in [-0.3, -0.25) is 0 Å². The Morgan fingerprint density at radius 2 is 2.20 bits per heavy atom. The number of hydrogen-bond acceptors (Lipinski definition) is 3. The van der Waals surface area contributed by atoms with Crippen LogP contribution in [0.2, 0.25) is 0 Å². The van der Waals surface area contributed by atoms with Crippen molar-refractivity contribution in [2.75, 3.05) is 20.8 Å². The van der Waals surface area contributed by atoms with Crippen LogP contribution in [-0.2, 0) is 11.3 Å². The standard InChI is InChI=1S/C12H19NO2/c1-10(14-3)9-15-12-6-4-5-11(7-12)8-13-2/h4-7,10,13H,8-9H2,1-3H3. The van der Waals surface area contributed by atoms with E-state index in [9.17, 15) is 0 Å². The molecule has 0 radical (unpaired) electrons. The maximum Gasteiger partial charge on any atom is 0.119 e. The number of benzene rings is 1. The van der Waals surface area contributed by atoms with E-state index in [0.717, 1.165) is 12.3 Å². The van der Waals surface area contributed by atoms with E-state index < -0.39 is 0 Å². The maximum atomic E-state index is 5.59. The van der Waals surface area contributed by atoms with Gasteiger partial charge in [0.25, 0.3) is 0 Å². The highest BCUT2D eigenvalue weighted by Gasteiger charge is 2.01. The first-order chi connectivity index (χ1) is 7.26. The lowest BCUT2D eigenvalue weighted by molar-refractivity contribution is 0.0716. The Hall–Kier alpha value is -1.06. The van der Waals surface area contributed by atoms with Gasteiger partial charge in [0.1, 0.15) is 12.4 Å². The van der Waals surface area contributed by atoms with Crippen LogP contribution < -0.4 is 10.1 Å². The third-order valence-corrected chi connectivity index (χ3v) is 2.17. The number of methoxy groups -OCH3 is 1. The zero-order valence-electron chi connectivity index (χ0n) is 9.62. The van der Waals surface area contributed by atoms with Crippen molar-refractivity contribution >= 4 is 0 Å². The third kappa shape index (κ3) is 4.32. The summed E-state index contributed by atoms with van der Waals surface area (Å²) in [4.78, 5) is 0. The summed E-state index contributed by atoms with van der Waals surface area (Å²) in [6.07, 6.45) is 0.123. The number of hydrogen-bond donors (Lipinski definition) is 1. The molecule has 0 spiro atoms. The van der Waals surface area contributed by atoms with E-state index in [2.05, 4.69) is 11.4 Å². The Bertz CT molecular complexity index is 289. The van der Waals surface area contributed by atoms with Crippen LogP contribution in [0.3, 0.4) is 0 Å². The minimum atomic E-state index is 0.123. The summed E-state index contributed by atoms with van der Waals surface area (Å²) in [5, 5.41) is 3.11. The van der Waals surface area contributed by atoms with Crippen LogP contribution in [0, 0.1) is 0 Å². The summed E-state index contributed by atoms with van der Waals surface area (Å²) < 4.78 is 10.7. The molecule has 15 heavy (non-hydrogen) atoms. The second kappa shape index (κ2) is 6.43. The molecule has 3 heteroatoms. The topological polar surface area (TPSA) is 30.5 Å². The molecule has 0 heterocycles. The zero-order chi connectivity index (χ0) is 11.1. The lowest BCUT2D eigenvalue weighted by Gasteiger charge is -2.12. The van der Waals surface area contributed by atoms with E-state index in [1.807, 2.05) is 32.2 Å². The van der Waals surface area contributed by atoms with Crippen LogP contribution in [0.5, 0.6) is 5.75 Å². The van der Waals surface area contributed by atoms with Crippen LogP contribution >= 0.6 is 0 Å². The van der Waals surface area contributed by atoms with Crippen molar-refractivity contribution in [3.8, 4) is 5.75 Å². The Morgan fingerprint density at radius 3 is 2.87 bits per heavy atom. The van der Waals surface area contributed by atoms with Gasteiger partial charge >= 0.3 is 0 Å². The van der Waals surface area contributed by atoms with Crippen LogP contribution in [0.4, 0.5) is 0 Å². The summed E-state index contributed by atoms with van der Waals surface area (Å²) >= 11 is 0. The van der Waals surface area contributed by atoms with Gasteiger partial charge in [0, 0.05) is 13.7 Å². The van der Waals surface area contributed by atoms with Gasteiger partial charge in [-0.2, -0.15) is 0 Å². The van der Waals surface area contributed by atoms with Gasteiger partial charge in [-0.1, -0.05) is 12.1 Å². The molecule has 0 saturated carbocycles. The van der Waals surface area contributed by atoms with Crippen molar-refractivity contribution in [3.05, 3.63) is 29.8 Å². The fourth-order valence-electron chi connectivity index (χ4n) is 1.23. The molecule has 1 aromatic carbocycles. The lowest BCUT2D eigenvalue weighted by Crippen LogP contribution is -2.16. The quantitative estimate of drug-likeness (QED) is 0.775. The molecular weight excluding hydrogens is 190 g/mol. The highest BCUT2D eigenvalue weighted by molar-refractivity contribution is 5.28. The van der Waals surface area contributed by atoms with Crippen molar-refractivity contribution in [2.45, 2.75) is 19.6 Å². The van der Waals surface area contributed by atoms with Crippen LogP contribution in [0.1, 0.15) is 12.5 Å². The van der Waals surface area contributed by atoms with E-state index in [1.165, 1.54) is 5.56 Å². The molecule has 1 unspecified atom stereocenters. The molecule has 0 aromatic heterocycles. The molecule has 1 atom stereocenters. The average Bonchev–Trinajstić information content (AvgIpc) is 2.27. The summed E-state index contributed by atoms with van der Waals surface area (Å²) in [5.41, 5.74) is 1.22. The van der Waals surface area contributed by atoms with Gasteiger partial charge in [0.05, 0.1) is 6.10 Å². The summed E-state index contributed by atoms with van der Waals surface area (Å²) in [5.74, 6) is 0.895. The van der Waals surface area contributed by atoms with Gasteiger partial charge in [0.15, 0.2) is 0 Å². The molecule has 0 aliphatic heterocycles. The highest BCUT2D eigenvalue weighted by atomic mass is 16.5. The van der Waals surface area contributed by atoms with Gasteiger partial charge in [0.2, 0.25) is 0 Å². The van der Waals surface area contributed by atoms with E-state index in [4.69, 9.17) is 9.47 Å². The van der Waals surface area contributed by atoms with E-state index in [1.54, 1.807) is 7.11 Å². The third-order valence-electron chi connectivity index (χ3n) is 2.17. The number of nitrogens with one attached hydrogen (secondary N) is 1. The second-order valence-corrected chi connectivity index (χ2v) is 3.54. The monoisotopic (exact) mass is 209 g/mol. The van der Waals surface area contributed by atoms with Crippen molar-refractivity contribution in [1.82, 2.24) is 5.32 Å². The van der Waals surface area contributed by atoms with E-state index in [-0.39, 0.29) is 6.10 Å². The molecule has 0 aliphatic rings. The van der Waals surface area contributed by atoms with Crippen molar-refractivity contribution in [1.29, 1.82) is 0 Å². The van der Waals surface area contributed by atoms with Gasteiger partial charge in [-0.05, 0) is 31.7 Å². The van der Waals surface area contributed by atoms with Gasteiger partial charge in [-0.15, -0.1) is 0 Å². The molecular formula is C12H19NO2. The van der Waals surface area contributed by atoms with Crippen LogP contribution in [0.15, 0.2) is 24.3 Å². The molecule has 0 amide bonds. The summed E-state index contributed by atoms with van der Waals surface area (Å²) in [7, 11) is 3.62. The second-order valence-electron chi connectivity index (χ2n) is 3.54. The molecule has 0 bridgehead atoms. The molecule has 1 rings (SSSR count). The first-order valence-electron chi connectivity index (χ1n) is 5.15. The van der Waals surface area contributed by atoms with E-state index >= 15 is 0 Å². The van der Waals surface area contributed by atoms with Crippen molar-refractivity contribution < 1.29 is 9.47 Å². The highest BCUT2D eigenvalue weighted by Crippen LogP contribution is 2.13. The zero-order valence-corrected chi connectivity index (χ0v) is 9.62. The largest absolute Gasteiger partial charge is 0.491 e. The smallest absolute Gasteiger partial charge is 0.119 e. The number of ether oxygens (including phenoxy) is 2.